The fraction of sp³-hybridized carbons (Fsp3) is 0.562. The van der Waals surface area contributed by atoms with E-state index >= 15 is 0 Å². The largest absolute Gasteiger partial charge is 0.466 e. The van der Waals surface area contributed by atoms with Crippen molar-refractivity contribution in [2.45, 2.75) is 38.1 Å². The van der Waals surface area contributed by atoms with E-state index < -0.39 is 12.0 Å². The van der Waals surface area contributed by atoms with Crippen molar-refractivity contribution in [3.8, 4) is 0 Å². The molecule has 0 aromatic carbocycles. The van der Waals surface area contributed by atoms with Crippen LogP contribution in [0.25, 0.3) is 0 Å². The van der Waals surface area contributed by atoms with Crippen LogP contribution in [0.1, 0.15) is 37.8 Å². The Bertz CT molecular complexity index is 575. The number of nitrogens with one attached hydrogen (secondary N) is 1. The number of carbonyl (C=O) groups excluding carboxylic acids is 3. The van der Waals surface area contributed by atoms with Crippen molar-refractivity contribution in [1.82, 2.24) is 10.2 Å². The molecule has 1 N–H and O–H groups in total. The van der Waals surface area contributed by atoms with Crippen molar-refractivity contribution < 1.29 is 23.5 Å². The molecule has 1 aliphatic rings. The van der Waals surface area contributed by atoms with Gasteiger partial charge in [-0.1, -0.05) is 13.3 Å². The van der Waals surface area contributed by atoms with Gasteiger partial charge < -0.3 is 19.4 Å². The van der Waals surface area contributed by atoms with Gasteiger partial charge in [-0.2, -0.15) is 0 Å². The Kier molecular flexibility index (Phi) is 6.72. The average Bonchev–Trinajstić information content (AvgIpc) is 3.21. The molecule has 1 fully saturated rings. The summed E-state index contributed by atoms with van der Waals surface area (Å²) in [6, 6.07) is 2.79. The topological polar surface area (TPSA) is 88.8 Å². The quantitative estimate of drug-likeness (QED) is 0.592. The van der Waals surface area contributed by atoms with Gasteiger partial charge >= 0.3 is 5.97 Å². The van der Waals surface area contributed by atoms with Crippen molar-refractivity contribution in [2.75, 3.05) is 18.9 Å². The number of carbonyl (C=O) groups is 3. The molecule has 1 aromatic heterocycles. The van der Waals surface area contributed by atoms with Gasteiger partial charge in [-0.3, -0.25) is 9.59 Å². The highest BCUT2D eigenvalue weighted by Gasteiger charge is 2.43. The predicted molar refractivity (Wildman–Crippen MR) is 89.1 cm³/mol. The molecule has 0 unspecified atom stereocenters. The van der Waals surface area contributed by atoms with Crippen LogP contribution in [0.3, 0.4) is 0 Å². The predicted octanol–water partition coefficient (Wildman–Crippen LogP) is 1.70. The molecule has 0 bridgehead atoms. The van der Waals surface area contributed by atoms with E-state index in [1.165, 1.54) is 29.8 Å². The van der Waals surface area contributed by atoms with E-state index in [2.05, 4.69) is 5.32 Å². The molecule has 24 heavy (non-hydrogen) atoms. The second-order valence-electron chi connectivity index (χ2n) is 5.45. The highest BCUT2D eigenvalue weighted by atomic mass is 32.2. The molecule has 132 valence electrons. The number of furan rings is 1. The standard InChI is InChI=1S/C16H22N2O5S/c1-3-4-7-17-14(20)9-23-16(21)12-10-24-15(18(12)11(2)19)13-6-5-8-22-13/h5-6,8,12,15H,3-4,7,9-10H2,1-2H3,(H,17,20)/t12-,15+/m0/s1. The van der Waals surface area contributed by atoms with Crippen molar-refractivity contribution in [1.29, 1.82) is 0 Å². The van der Waals surface area contributed by atoms with Gasteiger partial charge in [0.1, 0.15) is 17.2 Å². The summed E-state index contributed by atoms with van der Waals surface area (Å²) < 4.78 is 10.4. The molecular weight excluding hydrogens is 332 g/mol. The highest BCUT2D eigenvalue weighted by Crippen LogP contribution is 2.41. The van der Waals surface area contributed by atoms with E-state index in [-0.39, 0.29) is 23.8 Å². The van der Waals surface area contributed by atoms with E-state index in [0.29, 0.717) is 18.1 Å². The number of hydrogen-bond donors (Lipinski definition) is 1. The molecule has 1 aliphatic heterocycles. The third-order valence-electron chi connectivity index (χ3n) is 3.62. The van der Waals surface area contributed by atoms with Crippen molar-refractivity contribution in [2.24, 2.45) is 0 Å². The maximum absolute atomic E-state index is 12.3. The zero-order valence-electron chi connectivity index (χ0n) is 13.8. The number of esters is 1. The molecule has 0 spiro atoms. The summed E-state index contributed by atoms with van der Waals surface area (Å²) in [6.45, 7) is 3.66. The van der Waals surface area contributed by atoms with Gasteiger partial charge in [-0.15, -0.1) is 11.8 Å². The minimum absolute atomic E-state index is 0.240. The molecule has 2 atom stereocenters. The molecule has 0 radical (unpaired) electrons. The number of hydrogen-bond acceptors (Lipinski definition) is 6. The Balaban J connectivity index is 1.91. The van der Waals surface area contributed by atoms with Crippen LogP contribution in [-0.2, 0) is 19.1 Å². The molecule has 2 heterocycles. The zero-order valence-corrected chi connectivity index (χ0v) is 14.6. The molecule has 0 saturated carbocycles. The van der Waals surface area contributed by atoms with Crippen LogP contribution in [0, 0.1) is 0 Å². The minimum Gasteiger partial charge on any atom is -0.466 e. The maximum Gasteiger partial charge on any atom is 0.330 e. The fourth-order valence-electron chi connectivity index (χ4n) is 2.41. The molecule has 8 heteroatoms. The first-order valence-corrected chi connectivity index (χ1v) is 8.96. The SMILES string of the molecule is CCCCNC(=O)COC(=O)[C@@H]1CS[C@H](c2ccco2)N1C(C)=O. The Labute approximate surface area is 145 Å². The van der Waals surface area contributed by atoms with Crippen LogP contribution in [0.15, 0.2) is 22.8 Å². The van der Waals surface area contributed by atoms with E-state index in [1.807, 2.05) is 6.92 Å². The summed E-state index contributed by atoms with van der Waals surface area (Å²) in [5, 5.41) is 2.32. The third-order valence-corrected chi connectivity index (χ3v) is 4.90. The Morgan fingerprint density at radius 1 is 1.46 bits per heavy atom. The smallest absolute Gasteiger partial charge is 0.330 e. The van der Waals surface area contributed by atoms with Crippen LogP contribution < -0.4 is 5.32 Å². The van der Waals surface area contributed by atoms with Crippen LogP contribution in [0.2, 0.25) is 0 Å². The van der Waals surface area contributed by atoms with Gasteiger partial charge in [0.2, 0.25) is 5.91 Å². The lowest BCUT2D eigenvalue weighted by atomic mass is 10.2. The number of rotatable bonds is 7. The lowest BCUT2D eigenvalue weighted by molar-refractivity contribution is -0.156. The number of amides is 2. The summed E-state index contributed by atoms with van der Waals surface area (Å²) in [7, 11) is 0. The Morgan fingerprint density at radius 3 is 2.88 bits per heavy atom. The van der Waals surface area contributed by atoms with Crippen molar-refractivity contribution >= 4 is 29.5 Å². The summed E-state index contributed by atoms with van der Waals surface area (Å²) in [5.74, 6) is -0.128. The number of nitrogens with zero attached hydrogens (tertiary/aromatic N) is 1. The van der Waals surface area contributed by atoms with E-state index in [1.54, 1.807) is 12.1 Å². The lowest BCUT2D eigenvalue weighted by Gasteiger charge is -2.25. The number of thioether (sulfide) groups is 1. The number of unbranched alkanes of at least 4 members (excludes halogenated alkanes) is 1. The van der Waals surface area contributed by atoms with Gasteiger partial charge in [0.25, 0.3) is 5.91 Å². The molecular formula is C16H22N2O5S. The van der Waals surface area contributed by atoms with Crippen molar-refractivity contribution in [3.05, 3.63) is 24.2 Å². The van der Waals surface area contributed by atoms with Crippen LogP contribution >= 0.6 is 11.8 Å². The molecule has 2 rings (SSSR count). The fourth-order valence-corrected chi connectivity index (χ4v) is 3.83. The van der Waals surface area contributed by atoms with E-state index in [4.69, 9.17) is 9.15 Å². The summed E-state index contributed by atoms with van der Waals surface area (Å²) in [4.78, 5) is 37.3. The molecule has 0 aliphatic carbocycles. The summed E-state index contributed by atoms with van der Waals surface area (Å²) >= 11 is 1.43. The van der Waals surface area contributed by atoms with Gasteiger partial charge in [0, 0.05) is 19.2 Å². The summed E-state index contributed by atoms with van der Waals surface area (Å²) in [6.07, 6.45) is 3.38. The second kappa shape index (κ2) is 8.77. The summed E-state index contributed by atoms with van der Waals surface area (Å²) in [5.41, 5.74) is 0. The van der Waals surface area contributed by atoms with Gasteiger partial charge in [0.15, 0.2) is 6.61 Å². The first kappa shape index (κ1) is 18.4. The number of ether oxygens (including phenoxy) is 1. The van der Waals surface area contributed by atoms with Gasteiger partial charge in [0.05, 0.1) is 6.26 Å². The van der Waals surface area contributed by atoms with Crippen LogP contribution in [-0.4, -0.2) is 47.6 Å². The normalized spacial score (nSPS) is 20.0. The van der Waals surface area contributed by atoms with Crippen LogP contribution in [0.4, 0.5) is 0 Å². The first-order chi connectivity index (χ1) is 11.5. The average molecular weight is 354 g/mol. The second-order valence-corrected chi connectivity index (χ2v) is 6.57. The molecule has 7 nitrogen and oxygen atoms in total. The maximum atomic E-state index is 12.3. The molecule has 1 aromatic rings. The third kappa shape index (κ3) is 4.53. The van der Waals surface area contributed by atoms with E-state index in [0.717, 1.165) is 12.8 Å². The lowest BCUT2D eigenvalue weighted by Crippen LogP contribution is -2.43. The zero-order chi connectivity index (χ0) is 17.5. The van der Waals surface area contributed by atoms with Crippen LogP contribution in [0.5, 0.6) is 0 Å². The Morgan fingerprint density at radius 2 is 2.25 bits per heavy atom. The molecule has 2 amide bonds. The van der Waals surface area contributed by atoms with Gasteiger partial charge in [-0.05, 0) is 18.6 Å². The van der Waals surface area contributed by atoms with Gasteiger partial charge in [-0.25, -0.2) is 4.79 Å². The minimum atomic E-state index is -0.717. The molecule has 1 saturated heterocycles. The monoisotopic (exact) mass is 354 g/mol. The Hall–Kier alpha value is -1.96. The van der Waals surface area contributed by atoms with Crippen molar-refractivity contribution in [3.63, 3.8) is 0 Å². The first-order valence-electron chi connectivity index (χ1n) is 7.91. The van der Waals surface area contributed by atoms with E-state index in [9.17, 15) is 14.4 Å². The highest BCUT2D eigenvalue weighted by molar-refractivity contribution is 7.99.